The Hall–Kier alpha value is -0.130. The fourth-order valence-corrected chi connectivity index (χ4v) is 1.76. The predicted molar refractivity (Wildman–Crippen MR) is 58.0 cm³/mol. The van der Waals surface area contributed by atoms with E-state index in [-0.39, 0.29) is 11.8 Å². The van der Waals surface area contributed by atoms with Crippen LogP contribution in [0.15, 0.2) is 0 Å². The van der Waals surface area contributed by atoms with Crippen LogP contribution in [0.3, 0.4) is 0 Å². The summed E-state index contributed by atoms with van der Waals surface area (Å²) >= 11 is 0. The fraction of sp³-hybridized carbons (Fsp3) is 1.00. The number of hydrogen-bond acceptors (Lipinski definition) is 4. The zero-order valence-corrected chi connectivity index (χ0v) is 10.2. The predicted octanol–water partition coefficient (Wildman–Crippen LogP) is 0.563. The van der Waals surface area contributed by atoms with Crippen LogP contribution in [0.4, 0.5) is 0 Å². The zero-order chi connectivity index (χ0) is 11.4. The number of hydrogen-bond donors (Lipinski definition) is 1. The molecule has 0 fully saturated rings. The lowest BCUT2D eigenvalue weighted by atomic mass is 9.95. The minimum atomic E-state index is -2.87. The molecule has 0 rings (SSSR count). The Morgan fingerprint density at radius 1 is 1.43 bits per heavy atom. The van der Waals surface area contributed by atoms with E-state index in [0.29, 0.717) is 12.8 Å². The van der Waals surface area contributed by atoms with Crippen LogP contribution >= 0.6 is 0 Å². The Bertz CT molecular complexity index is 259. The SMILES string of the molecule is COC(C)(C)C(N)CCCS(C)(=O)=O. The van der Waals surface area contributed by atoms with Gasteiger partial charge in [-0.15, -0.1) is 0 Å². The normalized spacial score (nSPS) is 15.5. The van der Waals surface area contributed by atoms with Crippen LogP contribution in [0, 0.1) is 0 Å². The highest BCUT2D eigenvalue weighted by molar-refractivity contribution is 7.90. The molecule has 0 radical (unpaired) electrons. The van der Waals surface area contributed by atoms with Gasteiger partial charge in [-0.25, -0.2) is 8.42 Å². The number of methoxy groups -OCH3 is 1. The molecule has 0 aliphatic carbocycles. The molecule has 2 N–H and O–H groups in total. The minimum absolute atomic E-state index is 0.130. The second kappa shape index (κ2) is 5.09. The molecular formula is C9H21NO3S. The second-order valence-corrected chi connectivity index (χ2v) is 6.45. The van der Waals surface area contributed by atoms with Crippen molar-refractivity contribution in [3.63, 3.8) is 0 Å². The van der Waals surface area contributed by atoms with Gasteiger partial charge in [-0.2, -0.15) is 0 Å². The van der Waals surface area contributed by atoms with E-state index in [4.69, 9.17) is 10.5 Å². The molecule has 0 aliphatic rings. The van der Waals surface area contributed by atoms with E-state index in [1.807, 2.05) is 13.8 Å². The van der Waals surface area contributed by atoms with E-state index in [1.165, 1.54) is 6.26 Å². The average molecular weight is 223 g/mol. The standard InChI is InChI=1S/C9H21NO3S/c1-9(2,13-3)8(10)6-5-7-14(4,11)12/h8H,5-7,10H2,1-4H3. The van der Waals surface area contributed by atoms with Crippen LogP contribution in [-0.4, -0.2) is 39.2 Å². The molecule has 86 valence electrons. The van der Waals surface area contributed by atoms with Crippen LogP contribution < -0.4 is 5.73 Å². The third-order valence-corrected chi connectivity index (χ3v) is 3.48. The van der Waals surface area contributed by atoms with Gasteiger partial charge in [0.05, 0.1) is 5.60 Å². The van der Waals surface area contributed by atoms with Gasteiger partial charge in [-0.05, 0) is 26.7 Å². The maximum atomic E-state index is 10.9. The van der Waals surface area contributed by atoms with E-state index < -0.39 is 15.4 Å². The molecule has 0 aromatic heterocycles. The van der Waals surface area contributed by atoms with Crippen molar-refractivity contribution in [2.45, 2.75) is 38.3 Å². The Labute approximate surface area is 86.7 Å². The molecule has 14 heavy (non-hydrogen) atoms. The topological polar surface area (TPSA) is 69.4 Å². The van der Waals surface area contributed by atoms with Gasteiger partial charge in [0, 0.05) is 25.2 Å². The van der Waals surface area contributed by atoms with Gasteiger partial charge in [0.1, 0.15) is 9.84 Å². The summed E-state index contributed by atoms with van der Waals surface area (Å²) in [5, 5.41) is 0. The summed E-state index contributed by atoms with van der Waals surface area (Å²) in [5.74, 6) is 0.195. The molecule has 0 saturated carbocycles. The smallest absolute Gasteiger partial charge is 0.147 e. The van der Waals surface area contributed by atoms with Crippen LogP contribution in [-0.2, 0) is 14.6 Å². The first-order chi connectivity index (χ1) is 6.19. The van der Waals surface area contributed by atoms with Gasteiger partial charge in [0.2, 0.25) is 0 Å². The van der Waals surface area contributed by atoms with Gasteiger partial charge in [0.25, 0.3) is 0 Å². The monoisotopic (exact) mass is 223 g/mol. The molecule has 0 heterocycles. The van der Waals surface area contributed by atoms with Crippen molar-refractivity contribution in [1.29, 1.82) is 0 Å². The van der Waals surface area contributed by atoms with Gasteiger partial charge < -0.3 is 10.5 Å². The Kier molecular flexibility index (Phi) is 5.05. The van der Waals surface area contributed by atoms with Gasteiger partial charge in [0.15, 0.2) is 0 Å². The highest BCUT2D eigenvalue weighted by Gasteiger charge is 2.25. The minimum Gasteiger partial charge on any atom is -0.377 e. The number of rotatable bonds is 6. The van der Waals surface area contributed by atoms with E-state index in [1.54, 1.807) is 7.11 Å². The summed E-state index contributed by atoms with van der Waals surface area (Å²) < 4.78 is 26.9. The number of sulfone groups is 1. The molecule has 1 atom stereocenters. The van der Waals surface area contributed by atoms with E-state index >= 15 is 0 Å². The maximum absolute atomic E-state index is 10.9. The summed E-state index contributed by atoms with van der Waals surface area (Å²) in [5.41, 5.74) is 5.48. The van der Waals surface area contributed by atoms with Crippen molar-refractivity contribution in [2.75, 3.05) is 19.1 Å². The largest absolute Gasteiger partial charge is 0.377 e. The first-order valence-electron chi connectivity index (χ1n) is 4.67. The van der Waals surface area contributed by atoms with E-state index in [9.17, 15) is 8.42 Å². The first kappa shape index (κ1) is 13.9. The van der Waals surface area contributed by atoms with Crippen molar-refractivity contribution >= 4 is 9.84 Å². The lowest BCUT2D eigenvalue weighted by Gasteiger charge is -2.30. The van der Waals surface area contributed by atoms with Crippen molar-refractivity contribution < 1.29 is 13.2 Å². The van der Waals surface area contributed by atoms with Crippen molar-refractivity contribution in [3.05, 3.63) is 0 Å². The Morgan fingerprint density at radius 2 is 1.93 bits per heavy atom. The van der Waals surface area contributed by atoms with Crippen LogP contribution in [0.25, 0.3) is 0 Å². The molecule has 0 amide bonds. The number of ether oxygens (including phenoxy) is 1. The molecule has 5 heteroatoms. The summed E-state index contributed by atoms with van der Waals surface area (Å²) in [6.45, 7) is 3.80. The molecule has 4 nitrogen and oxygen atoms in total. The molecule has 0 saturated heterocycles. The van der Waals surface area contributed by atoms with Gasteiger partial charge in [-0.3, -0.25) is 0 Å². The quantitative estimate of drug-likeness (QED) is 0.714. The third-order valence-electron chi connectivity index (χ3n) is 2.45. The molecule has 0 aromatic carbocycles. The third kappa shape index (κ3) is 5.57. The van der Waals surface area contributed by atoms with E-state index in [2.05, 4.69) is 0 Å². The highest BCUT2D eigenvalue weighted by atomic mass is 32.2. The molecule has 0 aliphatic heterocycles. The lowest BCUT2D eigenvalue weighted by molar-refractivity contribution is -0.00153. The summed E-state index contributed by atoms with van der Waals surface area (Å²) in [4.78, 5) is 0. The first-order valence-corrected chi connectivity index (χ1v) is 6.73. The van der Waals surface area contributed by atoms with Crippen LogP contribution in [0.2, 0.25) is 0 Å². The molecular weight excluding hydrogens is 202 g/mol. The molecule has 0 bridgehead atoms. The fourth-order valence-electron chi connectivity index (χ4n) is 1.06. The zero-order valence-electron chi connectivity index (χ0n) is 9.41. The second-order valence-electron chi connectivity index (χ2n) is 4.19. The maximum Gasteiger partial charge on any atom is 0.147 e. The lowest BCUT2D eigenvalue weighted by Crippen LogP contribution is -2.44. The van der Waals surface area contributed by atoms with Crippen molar-refractivity contribution in [1.82, 2.24) is 0 Å². The summed E-state index contributed by atoms with van der Waals surface area (Å²) in [7, 11) is -1.26. The summed E-state index contributed by atoms with van der Waals surface area (Å²) in [6.07, 6.45) is 2.49. The average Bonchev–Trinajstić information content (AvgIpc) is 2.02. The van der Waals surface area contributed by atoms with Crippen LogP contribution in [0.1, 0.15) is 26.7 Å². The Morgan fingerprint density at radius 3 is 2.29 bits per heavy atom. The van der Waals surface area contributed by atoms with Crippen molar-refractivity contribution in [2.24, 2.45) is 5.73 Å². The summed E-state index contributed by atoms with van der Waals surface area (Å²) in [6, 6.07) is -0.130. The molecule has 0 aromatic rings. The number of nitrogens with two attached hydrogens (primary N) is 1. The van der Waals surface area contributed by atoms with Gasteiger partial charge >= 0.3 is 0 Å². The van der Waals surface area contributed by atoms with E-state index in [0.717, 1.165) is 0 Å². The van der Waals surface area contributed by atoms with Gasteiger partial charge in [-0.1, -0.05) is 0 Å². The Balaban J connectivity index is 3.92. The highest BCUT2D eigenvalue weighted by Crippen LogP contribution is 2.15. The van der Waals surface area contributed by atoms with Crippen molar-refractivity contribution in [3.8, 4) is 0 Å². The molecule has 0 spiro atoms. The van der Waals surface area contributed by atoms with Crippen LogP contribution in [0.5, 0.6) is 0 Å². The molecule has 1 unspecified atom stereocenters.